The second-order valence-electron chi connectivity index (χ2n) is 2.53. The molecule has 2 N–H and O–H groups in total. The lowest BCUT2D eigenvalue weighted by Crippen LogP contribution is -1.93. The molecule has 5 nitrogen and oxygen atoms in total. The number of nitrogens with two attached hydrogens (primary N) is 1. The second-order valence-corrected chi connectivity index (χ2v) is 3.38. The SMILES string of the molecule is Nc1ncc(-c2nc(C=O)cs2)cn1. The Morgan fingerprint density at radius 2 is 2.07 bits per heavy atom. The van der Waals surface area contributed by atoms with E-state index in [9.17, 15) is 4.79 Å². The van der Waals surface area contributed by atoms with Crippen molar-refractivity contribution in [3.63, 3.8) is 0 Å². The Bertz CT molecular complexity index is 451. The van der Waals surface area contributed by atoms with E-state index in [1.165, 1.54) is 11.3 Å². The molecule has 70 valence electrons. The number of nitrogens with zero attached hydrogens (tertiary/aromatic N) is 3. The molecular formula is C8H6N4OS. The fourth-order valence-corrected chi connectivity index (χ4v) is 1.66. The topological polar surface area (TPSA) is 81.8 Å². The van der Waals surface area contributed by atoms with Gasteiger partial charge in [-0.2, -0.15) is 0 Å². The van der Waals surface area contributed by atoms with Crippen LogP contribution in [-0.4, -0.2) is 21.2 Å². The van der Waals surface area contributed by atoms with E-state index in [1.807, 2.05) is 0 Å². The summed E-state index contributed by atoms with van der Waals surface area (Å²) >= 11 is 1.37. The van der Waals surface area contributed by atoms with Gasteiger partial charge in [-0.1, -0.05) is 0 Å². The Labute approximate surface area is 83.7 Å². The van der Waals surface area contributed by atoms with Gasteiger partial charge in [0.15, 0.2) is 6.29 Å². The van der Waals surface area contributed by atoms with Crippen LogP contribution in [0.3, 0.4) is 0 Å². The van der Waals surface area contributed by atoms with Crippen LogP contribution in [0.4, 0.5) is 5.95 Å². The number of aromatic nitrogens is 3. The first-order valence-corrected chi connectivity index (χ1v) is 4.66. The highest BCUT2D eigenvalue weighted by molar-refractivity contribution is 7.13. The summed E-state index contributed by atoms with van der Waals surface area (Å²) in [5.74, 6) is 0.223. The van der Waals surface area contributed by atoms with Crippen molar-refractivity contribution < 1.29 is 4.79 Å². The number of aldehydes is 1. The molecule has 14 heavy (non-hydrogen) atoms. The summed E-state index contributed by atoms with van der Waals surface area (Å²) < 4.78 is 0. The number of anilines is 1. The lowest BCUT2D eigenvalue weighted by Gasteiger charge is -1.94. The fraction of sp³-hybridized carbons (Fsp3) is 0. The zero-order valence-electron chi connectivity index (χ0n) is 7.04. The Morgan fingerprint density at radius 1 is 1.36 bits per heavy atom. The summed E-state index contributed by atoms with van der Waals surface area (Å²) in [4.78, 5) is 22.1. The van der Waals surface area contributed by atoms with Gasteiger partial charge in [0.05, 0.1) is 0 Å². The van der Waals surface area contributed by atoms with Crippen molar-refractivity contribution in [3.05, 3.63) is 23.5 Å². The predicted octanol–water partition coefficient (Wildman–Crippen LogP) is 0.995. The minimum Gasteiger partial charge on any atom is -0.368 e. The van der Waals surface area contributed by atoms with Gasteiger partial charge in [0.2, 0.25) is 5.95 Å². The molecule has 0 aliphatic rings. The average Bonchev–Trinajstić information content (AvgIpc) is 2.67. The molecule has 0 aliphatic carbocycles. The normalized spacial score (nSPS) is 10.0. The number of hydrogen-bond acceptors (Lipinski definition) is 6. The average molecular weight is 206 g/mol. The number of hydrogen-bond donors (Lipinski definition) is 1. The van der Waals surface area contributed by atoms with Crippen LogP contribution in [0.2, 0.25) is 0 Å². The van der Waals surface area contributed by atoms with Gasteiger partial charge in [0.25, 0.3) is 0 Å². The standard InChI is InChI=1S/C8H6N4OS/c9-8-10-1-5(2-11-8)7-12-6(3-13)4-14-7/h1-4H,(H2,9,10,11). The molecule has 0 saturated carbocycles. The third-order valence-corrected chi connectivity index (χ3v) is 2.47. The molecule has 0 amide bonds. The molecule has 2 rings (SSSR count). The number of carbonyl (C=O) groups excluding carboxylic acids is 1. The maximum absolute atomic E-state index is 10.4. The largest absolute Gasteiger partial charge is 0.368 e. The summed E-state index contributed by atoms with van der Waals surface area (Å²) in [6.45, 7) is 0. The number of rotatable bonds is 2. The van der Waals surface area contributed by atoms with Crippen LogP contribution in [0.1, 0.15) is 10.5 Å². The van der Waals surface area contributed by atoms with E-state index in [-0.39, 0.29) is 5.95 Å². The van der Waals surface area contributed by atoms with Gasteiger partial charge in [-0.05, 0) is 0 Å². The maximum atomic E-state index is 10.4. The van der Waals surface area contributed by atoms with Gasteiger partial charge < -0.3 is 5.73 Å². The van der Waals surface area contributed by atoms with Crippen LogP contribution in [0.25, 0.3) is 10.6 Å². The fourth-order valence-electron chi connectivity index (χ4n) is 0.921. The highest BCUT2D eigenvalue weighted by atomic mass is 32.1. The van der Waals surface area contributed by atoms with E-state index < -0.39 is 0 Å². The van der Waals surface area contributed by atoms with Crippen LogP contribution < -0.4 is 5.73 Å². The number of thiazole rings is 1. The molecule has 2 heterocycles. The molecule has 2 aromatic rings. The summed E-state index contributed by atoms with van der Waals surface area (Å²) in [7, 11) is 0. The molecule has 0 radical (unpaired) electrons. The van der Waals surface area contributed by atoms with Crippen LogP contribution in [0.5, 0.6) is 0 Å². The highest BCUT2D eigenvalue weighted by Gasteiger charge is 2.04. The number of nitrogen functional groups attached to an aromatic ring is 1. The summed E-state index contributed by atoms with van der Waals surface area (Å²) in [6.07, 6.45) is 3.86. The van der Waals surface area contributed by atoms with Crippen LogP contribution in [-0.2, 0) is 0 Å². The molecule has 0 aromatic carbocycles. The van der Waals surface area contributed by atoms with Gasteiger partial charge in [-0.25, -0.2) is 15.0 Å². The van der Waals surface area contributed by atoms with Gasteiger partial charge in [-0.15, -0.1) is 11.3 Å². The molecule has 0 unspecified atom stereocenters. The monoisotopic (exact) mass is 206 g/mol. The lowest BCUT2D eigenvalue weighted by atomic mass is 10.3. The Morgan fingerprint density at radius 3 is 2.64 bits per heavy atom. The summed E-state index contributed by atoms with van der Waals surface area (Å²) in [5, 5.41) is 2.39. The lowest BCUT2D eigenvalue weighted by molar-refractivity contribution is 0.111. The van der Waals surface area contributed by atoms with E-state index in [2.05, 4.69) is 15.0 Å². The summed E-state index contributed by atoms with van der Waals surface area (Å²) in [5.41, 5.74) is 6.52. The van der Waals surface area contributed by atoms with Gasteiger partial charge in [-0.3, -0.25) is 4.79 Å². The maximum Gasteiger partial charge on any atom is 0.219 e. The van der Waals surface area contributed by atoms with E-state index in [0.29, 0.717) is 17.0 Å². The van der Waals surface area contributed by atoms with Gasteiger partial charge in [0, 0.05) is 23.3 Å². The first-order valence-electron chi connectivity index (χ1n) is 3.78. The third-order valence-electron chi connectivity index (χ3n) is 1.56. The minimum atomic E-state index is 0.223. The zero-order valence-corrected chi connectivity index (χ0v) is 7.86. The minimum absolute atomic E-state index is 0.223. The second kappa shape index (κ2) is 3.51. The molecular weight excluding hydrogens is 200 g/mol. The van der Waals surface area contributed by atoms with Crippen molar-refractivity contribution in [1.82, 2.24) is 15.0 Å². The molecule has 2 aromatic heterocycles. The van der Waals surface area contributed by atoms with Crippen molar-refractivity contribution in [2.75, 3.05) is 5.73 Å². The molecule has 0 aliphatic heterocycles. The Balaban J connectivity index is 2.39. The first-order chi connectivity index (χ1) is 6.79. The van der Waals surface area contributed by atoms with Crippen molar-refractivity contribution in [3.8, 4) is 10.6 Å². The molecule has 0 atom stereocenters. The van der Waals surface area contributed by atoms with Crippen LogP contribution in [0.15, 0.2) is 17.8 Å². The first kappa shape index (κ1) is 8.76. The van der Waals surface area contributed by atoms with Gasteiger partial charge >= 0.3 is 0 Å². The molecule has 0 spiro atoms. The molecule has 6 heteroatoms. The van der Waals surface area contributed by atoms with Crippen LogP contribution >= 0.6 is 11.3 Å². The van der Waals surface area contributed by atoms with Crippen molar-refractivity contribution in [2.45, 2.75) is 0 Å². The van der Waals surface area contributed by atoms with E-state index in [1.54, 1.807) is 17.8 Å². The Kier molecular flexibility index (Phi) is 2.19. The number of carbonyl (C=O) groups is 1. The zero-order chi connectivity index (χ0) is 9.97. The smallest absolute Gasteiger partial charge is 0.219 e. The van der Waals surface area contributed by atoms with E-state index >= 15 is 0 Å². The van der Waals surface area contributed by atoms with Gasteiger partial charge in [0.1, 0.15) is 10.7 Å². The molecule has 0 saturated heterocycles. The van der Waals surface area contributed by atoms with E-state index in [4.69, 9.17) is 5.73 Å². The third kappa shape index (κ3) is 1.60. The Hall–Kier alpha value is -1.82. The van der Waals surface area contributed by atoms with E-state index in [0.717, 1.165) is 5.56 Å². The molecule has 0 fully saturated rings. The molecule has 0 bridgehead atoms. The quantitative estimate of drug-likeness (QED) is 0.741. The van der Waals surface area contributed by atoms with Crippen molar-refractivity contribution in [2.24, 2.45) is 0 Å². The van der Waals surface area contributed by atoms with Crippen LogP contribution in [0, 0.1) is 0 Å². The summed E-state index contributed by atoms with van der Waals surface area (Å²) in [6, 6.07) is 0. The van der Waals surface area contributed by atoms with Crippen molar-refractivity contribution >= 4 is 23.6 Å². The predicted molar refractivity (Wildman–Crippen MR) is 52.9 cm³/mol. The highest BCUT2D eigenvalue weighted by Crippen LogP contribution is 2.21. The van der Waals surface area contributed by atoms with Crippen molar-refractivity contribution in [1.29, 1.82) is 0 Å².